The minimum Gasteiger partial charge on any atom is -0.494 e. The summed E-state index contributed by atoms with van der Waals surface area (Å²) in [5.74, 6) is 6.07. The Bertz CT molecular complexity index is 607. The van der Waals surface area contributed by atoms with Gasteiger partial charge in [0.25, 0.3) is 0 Å². The molecule has 0 aliphatic heterocycles. The van der Waals surface area contributed by atoms with E-state index in [9.17, 15) is 4.39 Å². The lowest BCUT2D eigenvalue weighted by molar-refractivity contribution is 0.317. The van der Waals surface area contributed by atoms with E-state index in [1.165, 1.54) is 0 Å². The second kappa shape index (κ2) is 7.54. The highest BCUT2D eigenvalue weighted by Gasteiger charge is 2.18. The van der Waals surface area contributed by atoms with Crippen molar-refractivity contribution in [1.29, 1.82) is 0 Å². The van der Waals surface area contributed by atoms with Crippen LogP contribution in [0.5, 0.6) is 5.75 Å². The van der Waals surface area contributed by atoms with Crippen LogP contribution < -0.4 is 16.0 Å². The Morgan fingerprint density at radius 2 is 2.05 bits per heavy atom. The first-order valence-corrected chi connectivity index (χ1v) is 7.59. The molecule has 2 aromatic carbocycles. The second-order valence-corrected chi connectivity index (χ2v) is 5.52. The maximum Gasteiger partial charge on any atom is 0.142 e. The van der Waals surface area contributed by atoms with Gasteiger partial charge in [-0.05, 0) is 46.1 Å². The molecule has 0 radical (unpaired) electrons. The van der Waals surface area contributed by atoms with Crippen LogP contribution in [-0.4, -0.2) is 6.61 Å². The van der Waals surface area contributed by atoms with Crippen molar-refractivity contribution >= 4 is 15.9 Å². The first-order valence-electron chi connectivity index (χ1n) is 6.80. The molecule has 2 aromatic rings. The number of nitrogens with one attached hydrogen (secondary N) is 1. The van der Waals surface area contributed by atoms with E-state index in [1.54, 1.807) is 18.2 Å². The summed E-state index contributed by atoms with van der Waals surface area (Å²) in [5, 5.41) is 0. The van der Waals surface area contributed by atoms with Gasteiger partial charge in [0.05, 0.1) is 17.1 Å². The van der Waals surface area contributed by atoms with E-state index < -0.39 is 6.04 Å². The first kappa shape index (κ1) is 15.9. The second-order valence-electron chi connectivity index (χ2n) is 4.66. The Labute approximate surface area is 132 Å². The van der Waals surface area contributed by atoms with E-state index in [2.05, 4.69) is 21.4 Å². The molecule has 0 saturated heterocycles. The van der Waals surface area contributed by atoms with Crippen LogP contribution in [0.4, 0.5) is 4.39 Å². The number of halogens is 2. The van der Waals surface area contributed by atoms with Gasteiger partial charge in [-0.15, -0.1) is 0 Å². The molecule has 0 saturated carbocycles. The van der Waals surface area contributed by atoms with Crippen LogP contribution in [0.2, 0.25) is 0 Å². The van der Waals surface area contributed by atoms with Crippen LogP contribution in [-0.2, 0) is 0 Å². The molecule has 0 aromatic heterocycles. The van der Waals surface area contributed by atoms with Crippen LogP contribution in [0.3, 0.4) is 0 Å². The van der Waals surface area contributed by atoms with Crippen molar-refractivity contribution < 1.29 is 9.13 Å². The summed E-state index contributed by atoms with van der Waals surface area (Å²) < 4.78 is 20.3. The van der Waals surface area contributed by atoms with Crippen LogP contribution in [0, 0.1) is 5.82 Å². The van der Waals surface area contributed by atoms with Gasteiger partial charge in [-0.3, -0.25) is 5.84 Å². The van der Waals surface area contributed by atoms with Crippen molar-refractivity contribution in [2.75, 3.05) is 6.61 Å². The zero-order valence-electron chi connectivity index (χ0n) is 11.8. The van der Waals surface area contributed by atoms with Crippen LogP contribution >= 0.6 is 15.9 Å². The highest BCUT2D eigenvalue weighted by molar-refractivity contribution is 9.10. The fourth-order valence-electron chi connectivity index (χ4n) is 2.11. The normalized spacial score (nSPS) is 12.2. The molecule has 5 heteroatoms. The number of nitrogens with two attached hydrogens (primary N) is 1. The van der Waals surface area contributed by atoms with Crippen LogP contribution in [0.25, 0.3) is 0 Å². The lowest BCUT2D eigenvalue weighted by Crippen LogP contribution is -2.29. The minimum atomic E-state index is -0.437. The Hall–Kier alpha value is -1.43. The molecule has 0 aliphatic rings. The van der Waals surface area contributed by atoms with Crippen molar-refractivity contribution in [1.82, 2.24) is 5.43 Å². The molecule has 1 unspecified atom stereocenters. The number of rotatable bonds is 6. The van der Waals surface area contributed by atoms with Gasteiger partial charge in [-0.2, -0.15) is 0 Å². The quantitative estimate of drug-likeness (QED) is 0.611. The summed E-state index contributed by atoms with van der Waals surface area (Å²) in [6.45, 7) is 2.69. The number of hydrogen-bond donors (Lipinski definition) is 2. The van der Waals surface area contributed by atoms with E-state index in [4.69, 9.17) is 10.6 Å². The third-order valence-corrected chi connectivity index (χ3v) is 3.74. The largest absolute Gasteiger partial charge is 0.494 e. The summed E-state index contributed by atoms with van der Waals surface area (Å²) >= 11 is 3.20. The molecule has 0 aliphatic carbocycles. The maximum atomic E-state index is 14.3. The smallest absolute Gasteiger partial charge is 0.142 e. The molecule has 3 nitrogen and oxygen atoms in total. The van der Waals surface area contributed by atoms with Crippen molar-refractivity contribution in [2.45, 2.75) is 19.4 Å². The molecular formula is C16H18BrFN2O. The maximum absolute atomic E-state index is 14.3. The summed E-state index contributed by atoms with van der Waals surface area (Å²) in [7, 11) is 0. The molecule has 0 bridgehead atoms. The van der Waals surface area contributed by atoms with Gasteiger partial charge < -0.3 is 4.74 Å². The summed E-state index contributed by atoms with van der Waals surface area (Å²) in [6, 6.07) is 12.2. The molecule has 1 atom stereocenters. The molecule has 0 fully saturated rings. The highest BCUT2D eigenvalue weighted by Crippen LogP contribution is 2.29. The summed E-state index contributed by atoms with van der Waals surface area (Å²) in [4.78, 5) is 0. The number of hydrazine groups is 1. The average Bonchev–Trinajstić information content (AvgIpc) is 2.50. The van der Waals surface area contributed by atoms with Gasteiger partial charge in [-0.25, -0.2) is 9.82 Å². The molecule has 3 N–H and O–H groups in total. The first-order chi connectivity index (χ1) is 10.2. The SMILES string of the molecule is CCCOc1cccc(C(NN)c2cccc(Br)c2F)c1. The highest BCUT2D eigenvalue weighted by atomic mass is 79.9. The molecular weight excluding hydrogens is 335 g/mol. The van der Waals surface area contributed by atoms with E-state index in [0.29, 0.717) is 16.6 Å². The third kappa shape index (κ3) is 3.81. The predicted molar refractivity (Wildman–Crippen MR) is 85.5 cm³/mol. The molecule has 2 rings (SSSR count). The van der Waals surface area contributed by atoms with Crippen LogP contribution in [0.1, 0.15) is 30.5 Å². The van der Waals surface area contributed by atoms with E-state index in [-0.39, 0.29) is 5.82 Å². The van der Waals surface area contributed by atoms with Crippen molar-refractivity contribution in [2.24, 2.45) is 5.84 Å². The predicted octanol–water partition coefficient (Wildman–Crippen LogP) is 3.93. The minimum absolute atomic E-state index is 0.319. The third-order valence-electron chi connectivity index (χ3n) is 3.12. The average molecular weight is 353 g/mol. The zero-order valence-corrected chi connectivity index (χ0v) is 13.4. The Morgan fingerprint density at radius 3 is 2.76 bits per heavy atom. The van der Waals surface area contributed by atoms with Gasteiger partial charge in [0.2, 0.25) is 0 Å². The zero-order chi connectivity index (χ0) is 15.2. The van der Waals surface area contributed by atoms with Gasteiger partial charge in [0.15, 0.2) is 0 Å². The van der Waals surface area contributed by atoms with E-state index in [0.717, 1.165) is 17.7 Å². The van der Waals surface area contributed by atoms with Gasteiger partial charge >= 0.3 is 0 Å². The number of ether oxygens (including phenoxy) is 1. The molecule has 0 heterocycles. The van der Waals surface area contributed by atoms with E-state index >= 15 is 0 Å². The fourth-order valence-corrected chi connectivity index (χ4v) is 2.49. The Balaban J connectivity index is 2.35. The number of hydrogen-bond acceptors (Lipinski definition) is 3. The van der Waals surface area contributed by atoms with Gasteiger partial charge in [0.1, 0.15) is 11.6 Å². The topological polar surface area (TPSA) is 47.3 Å². The lowest BCUT2D eigenvalue weighted by Gasteiger charge is -2.19. The van der Waals surface area contributed by atoms with Crippen molar-refractivity contribution in [3.05, 3.63) is 63.9 Å². The summed E-state index contributed by atoms with van der Waals surface area (Å²) in [6.07, 6.45) is 0.934. The molecule has 21 heavy (non-hydrogen) atoms. The van der Waals surface area contributed by atoms with Crippen molar-refractivity contribution in [3.8, 4) is 5.75 Å². The molecule has 0 spiro atoms. The fraction of sp³-hybridized carbons (Fsp3) is 0.250. The Morgan fingerprint density at radius 1 is 1.29 bits per heavy atom. The van der Waals surface area contributed by atoms with Gasteiger partial charge in [0, 0.05) is 5.56 Å². The van der Waals surface area contributed by atoms with Gasteiger partial charge in [-0.1, -0.05) is 31.2 Å². The Kier molecular flexibility index (Phi) is 5.73. The number of benzene rings is 2. The van der Waals surface area contributed by atoms with E-state index in [1.807, 2.05) is 31.2 Å². The standard InChI is InChI=1S/C16H18BrFN2O/c1-2-9-21-12-6-3-5-11(10-12)16(20-19)13-7-4-8-14(17)15(13)18/h3-8,10,16,20H,2,9,19H2,1H3. The van der Waals surface area contributed by atoms with Crippen molar-refractivity contribution in [3.63, 3.8) is 0 Å². The summed E-state index contributed by atoms with van der Waals surface area (Å²) in [5.41, 5.74) is 4.01. The molecule has 112 valence electrons. The molecule has 0 amide bonds. The lowest BCUT2D eigenvalue weighted by atomic mass is 9.98. The monoisotopic (exact) mass is 352 g/mol. The van der Waals surface area contributed by atoms with Crippen LogP contribution in [0.15, 0.2) is 46.9 Å².